The molecule has 4 heteroatoms. The van der Waals surface area contributed by atoms with Crippen molar-refractivity contribution in [2.75, 3.05) is 13.1 Å². The van der Waals surface area contributed by atoms with Gasteiger partial charge in [0.1, 0.15) is 5.60 Å². The Kier molecular flexibility index (Phi) is 4.85. The first-order chi connectivity index (χ1) is 5.45. The second-order valence-electron chi connectivity index (χ2n) is 3.64. The lowest BCUT2D eigenvalue weighted by Crippen LogP contribution is -2.46. The van der Waals surface area contributed by atoms with Gasteiger partial charge in [-0.05, 0) is 20.8 Å². The Bertz CT molecular complexity index is 127. The smallest absolute Gasteiger partial charge is 0.293 e. The third-order valence-corrected chi connectivity index (χ3v) is 1.16. The molecule has 0 aromatic rings. The fraction of sp³-hybridized carbons (Fsp3) is 0.875. The third-order valence-electron chi connectivity index (χ3n) is 1.16. The maximum atomic E-state index is 9.60. The number of nitrogens with one attached hydrogen (secondary N) is 1. The Labute approximate surface area is 72.9 Å². The van der Waals surface area contributed by atoms with Crippen LogP contribution in [0.25, 0.3) is 0 Å². The van der Waals surface area contributed by atoms with E-state index in [4.69, 9.17) is 5.11 Å². The summed E-state index contributed by atoms with van der Waals surface area (Å²) < 4.78 is 4.55. The lowest BCUT2D eigenvalue weighted by atomic mass is 10.2. The van der Waals surface area contributed by atoms with Crippen LogP contribution in [0.1, 0.15) is 20.8 Å². The summed E-state index contributed by atoms with van der Waals surface area (Å²) in [6.45, 7) is 7.50. The topological polar surface area (TPSA) is 58.6 Å². The molecule has 1 aliphatic rings. The number of hydrogen-bond donors (Lipinski definition) is 2. The van der Waals surface area contributed by atoms with Crippen molar-refractivity contribution in [2.24, 2.45) is 0 Å². The van der Waals surface area contributed by atoms with E-state index in [0.29, 0.717) is 6.47 Å². The van der Waals surface area contributed by atoms with Crippen LogP contribution < -0.4 is 5.32 Å². The summed E-state index contributed by atoms with van der Waals surface area (Å²) in [6, 6.07) is 0. The molecule has 1 fully saturated rings. The van der Waals surface area contributed by atoms with E-state index in [2.05, 4.69) is 10.1 Å². The number of aliphatic hydroxyl groups is 1. The molecule has 0 saturated carbocycles. The van der Waals surface area contributed by atoms with Crippen molar-refractivity contribution in [3.05, 3.63) is 0 Å². The lowest BCUT2D eigenvalue weighted by Gasteiger charge is -2.20. The molecule has 12 heavy (non-hydrogen) atoms. The van der Waals surface area contributed by atoms with E-state index in [-0.39, 0.29) is 11.7 Å². The first-order valence-electron chi connectivity index (χ1n) is 3.96. The molecule has 4 nitrogen and oxygen atoms in total. The van der Waals surface area contributed by atoms with Crippen LogP contribution in [0.15, 0.2) is 0 Å². The molecule has 2 N–H and O–H groups in total. The molecule has 0 atom stereocenters. The van der Waals surface area contributed by atoms with Gasteiger partial charge in [-0.3, -0.25) is 4.79 Å². The molecule has 0 radical (unpaired) electrons. The Morgan fingerprint density at radius 1 is 1.50 bits per heavy atom. The van der Waals surface area contributed by atoms with Gasteiger partial charge >= 0.3 is 0 Å². The zero-order valence-electron chi connectivity index (χ0n) is 7.83. The minimum atomic E-state index is -0.318. The maximum Gasteiger partial charge on any atom is 0.293 e. The zero-order chi connectivity index (χ0) is 9.61. The van der Waals surface area contributed by atoms with Crippen LogP contribution in [0, 0.1) is 0 Å². The molecule has 1 rings (SSSR count). The van der Waals surface area contributed by atoms with Crippen LogP contribution in [0.2, 0.25) is 0 Å². The molecule has 0 spiro atoms. The third kappa shape index (κ3) is 7.50. The summed E-state index contributed by atoms with van der Waals surface area (Å²) in [4.78, 5) is 9.60. The highest BCUT2D eigenvalue weighted by Crippen LogP contribution is 2.02. The van der Waals surface area contributed by atoms with E-state index in [1.807, 2.05) is 20.8 Å². The summed E-state index contributed by atoms with van der Waals surface area (Å²) in [5.74, 6) is 0. The molecule has 0 unspecified atom stereocenters. The lowest BCUT2D eigenvalue weighted by molar-refractivity contribution is -0.138. The van der Waals surface area contributed by atoms with Gasteiger partial charge in [-0.1, -0.05) is 0 Å². The van der Waals surface area contributed by atoms with Crippen LogP contribution >= 0.6 is 0 Å². The Balaban J connectivity index is 0.000000211. The molecule has 1 aliphatic heterocycles. The van der Waals surface area contributed by atoms with Crippen LogP contribution in [-0.2, 0) is 9.53 Å². The van der Waals surface area contributed by atoms with Gasteiger partial charge < -0.3 is 15.2 Å². The van der Waals surface area contributed by atoms with E-state index < -0.39 is 0 Å². The van der Waals surface area contributed by atoms with Crippen molar-refractivity contribution in [3.63, 3.8) is 0 Å². The Morgan fingerprint density at radius 3 is 1.92 bits per heavy atom. The zero-order valence-corrected chi connectivity index (χ0v) is 7.83. The van der Waals surface area contributed by atoms with Crippen LogP contribution in [0.4, 0.5) is 0 Å². The number of β-amino-alcohol motifs (C(OH)–C–C–N with tert-alkyl or cyclic N) is 1. The van der Waals surface area contributed by atoms with Gasteiger partial charge in [-0.25, -0.2) is 0 Å². The predicted octanol–water partition coefficient (Wildman–Crippen LogP) is -0.0916. The van der Waals surface area contributed by atoms with E-state index in [1.165, 1.54) is 0 Å². The van der Waals surface area contributed by atoms with E-state index >= 15 is 0 Å². The van der Waals surface area contributed by atoms with Crippen LogP contribution in [0.3, 0.4) is 0 Å². The molecular weight excluding hydrogens is 158 g/mol. The van der Waals surface area contributed by atoms with Crippen molar-refractivity contribution in [1.82, 2.24) is 5.32 Å². The normalized spacial score (nSPS) is 17.0. The summed E-state index contributed by atoms with van der Waals surface area (Å²) >= 11 is 0. The minimum absolute atomic E-state index is 0.0463. The van der Waals surface area contributed by atoms with Gasteiger partial charge in [0.2, 0.25) is 0 Å². The first-order valence-corrected chi connectivity index (χ1v) is 3.96. The van der Waals surface area contributed by atoms with Gasteiger partial charge in [-0.15, -0.1) is 0 Å². The molecule has 0 bridgehead atoms. The van der Waals surface area contributed by atoms with Crippen molar-refractivity contribution < 1.29 is 14.6 Å². The second-order valence-corrected chi connectivity index (χ2v) is 3.64. The molecule has 0 amide bonds. The Morgan fingerprint density at radius 2 is 1.92 bits per heavy atom. The van der Waals surface area contributed by atoms with E-state index in [1.54, 1.807) is 0 Å². The standard InChI is InChI=1S/C5H10O2.C3H7NO/c1-5(2,3)7-4-6;5-3-1-4-2-3/h4H,1-3H3;3-5H,1-2H2. The van der Waals surface area contributed by atoms with Gasteiger partial charge in [0.25, 0.3) is 6.47 Å². The van der Waals surface area contributed by atoms with Crippen molar-refractivity contribution in [1.29, 1.82) is 0 Å². The molecule has 0 aliphatic carbocycles. The van der Waals surface area contributed by atoms with Crippen molar-refractivity contribution >= 4 is 6.47 Å². The monoisotopic (exact) mass is 175 g/mol. The molecule has 1 heterocycles. The Hall–Kier alpha value is -0.610. The van der Waals surface area contributed by atoms with Crippen molar-refractivity contribution in [2.45, 2.75) is 32.5 Å². The van der Waals surface area contributed by atoms with Crippen molar-refractivity contribution in [3.8, 4) is 0 Å². The average Bonchev–Trinajstić information content (AvgIpc) is 1.82. The molecule has 1 saturated heterocycles. The average molecular weight is 175 g/mol. The highest BCUT2D eigenvalue weighted by Gasteiger charge is 2.10. The maximum absolute atomic E-state index is 9.60. The summed E-state index contributed by atoms with van der Waals surface area (Å²) in [5.41, 5.74) is -0.318. The molecule has 0 aromatic heterocycles. The summed E-state index contributed by atoms with van der Waals surface area (Å²) in [6.07, 6.45) is -0.0463. The number of aliphatic hydroxyl groups excluding tert-OH is 1. The number of hydrogen-bond acceptors (Lipinski definition) is 4. The fourth-order valence-corrected chi connectivity index (χ4v) is 0.418. The van der Waals surface area contributed by atoms with Gasteiger partial charge in [-0.2, -0.15) is 0 Å². The van der Waals surface area contributed by atoms with Gasteiger partial charge in [0.15, 0.2) is 0 Å². The number of carbonyl (C=O) groups is 1. The van der Waals surface area contributed by atoms with E-state index in [0.717, 1.165) is 13.1 Å². The highest BCUT2D eigenvalue weighted by atomic mass is 16.5. The summed E-state index contributed by atoms with van der Waals surface area (Å²) in [5, 5.41) is 11.3. The second kappa shape index (κ2) is 5.11. The minimum Gasteiger partial charge on any atom is -0.462 e. The van der Waals surface area contributed by atoms with E-state index in [9.17, 15) is 4.79 Å². The summed E-state index contributed by atoms with van der Waals surface area (Å²) in [7, 11) is 0. The number of rotatable bonds is 1. The largest absolute Gasteiger partial charge is 0.462 e. The quantitative estimate of drug-likeness (QED) is 0.547. The fourth-order valence-electron chi connectivity index (χ4n) is 0.418. The number of carbonyl (C=O) groups excluding carboxylic acids is 1. The first kappa shape index (κ1) is 11.4. The van der Waals surface area contributed by atoms with Crippen LogP contribution in [0.5, 0.6) is 0 Å². The predicted molar refractivity (Wildman–Crippen MR) is 45.8 cm³/mol. The molecular formula is C8H17NO3. The van der Waals surface area contributed by atoms with Gasteiger partial charge in [0, 0.05) is 13.1 Å². The molecule has 0 aromatic carbocycles. The number of ether oxygens (including phenoxy) is 1. The highest BCUT2D eigenvalue weighted by molar-refractivity contribution is 5.37. The van der Waals surface area contributed by atoms with Gasteiger partial charge in [0.05, 0.1) is 6.10 Å². The SMILES string of the molecule is CC(C)(C)OC=O.OC1CNC1. The van der Waals surface area contributed by atoms with Crippen LogP contribution in [-0.4, -0.2) is 36.4 Å². The molecule has 72 valence electrons.